The van der Waals surface area contributed by atoms with Gasteiger partial charge in [0.05, 0.1) is 5.69 Å². The van der Waals surface area contributed by atoms with Crippen molar-refractivity contribution < 1.29 is 4.39 Å². The summed E-state index contributed by atoms with van der Waals surface area (Å²) >= 11 is 0. The van der Waals surface area contributed by atoms with Gasteiger partial charge in [0.25, 0.3) is 0 Å². The van der Waals surface area contributed by atoms with Crippen molar-refractivity contribution in [2.24, 2.45) is 0 Å². The van der Waals surface area contributed by atoms with Crippen LogP contribution in [0.4, 0.5) is 10.1 Å². The van der Waals surface area contributed by atoms with Crippen LogP contribution in [-0.4, -0.2) is 14.8 Å². The van der Waals surface area contributed by atoms with Crippen molar-refractivity contribution in [1.82, 2.24) is 14.8 Å². The molecule has 2 rings (SSSR count). The highest BCUT2D eigenvalue weighted by Gasteiger charge is 2.14. The van der Waals surface area contributed by atoms with E-state index >= 15 is 0 Å². The predicted molar refractivity (Wildman–Crippen MR) is 65.0 cm³/mol. The Labute approximate surface area is 99.3 Å². The number of rotatable bonds is 2. The van der Waals surface area contributed by atoms with E-state index in [1.807, 2.05) is 25.3 Å². The van der Waals surface area contributed by atoms with Gasteiger partial charge in [-0.25, -0.2) is 4.39 Å². The minimum atomic E-state index is -0.432. The summed E-state index contributed by atoms with van der Waals surface area (Å²) in [4.78, 5) is 0. The molecule has 0 radical (unpaired) electrons. The molecule has 0 unspecified atom stereocenters. The molecule has 0 spiro atoms. The van der Waals surface area contributed by atoms with Gasteiger partial charge in [-0.1, -0.05) is 0 Å². The molecule has 0 saturated carbocycles. The third-order valence-electron chi connectivity index (χ3n) is 2.64. The SMILES string of the molecule is Cc1nnc(-c2ccc(N)c(F)c2)n1C(C)C. The first-order chi connectivity index (χ1) is 8.00. The van der Waals surface area contributed by atoms with Crippen LogP contribution in [0.25, 0.3) is 11.4 Å². The second-order valence-electron chi connectivity index (χ2n) is 4.27. The molecule has 0 aliphatic heterocycles. The average Bonchev–Trinajstić information content (AvgIpc) is 2.64. The predicted octanol–water partition coefficient (Wildman–Crippen LogP) is 2.56. The lowest BCUT2D eigenvalue weighted by molar-refractivity contribution is 0.586. The van der Waals surface area contributed by atoms with Crippen LogP contribution in [0.5, 0.6) is 0 Å². The van der Waals surface area contributed by atoms with Gasteiger partial charge in [-0.15, -0.1) is 10.2 Å². The summed E-state index contributed by atoms with van der Waals surface area (Å²) in [5.41, 5.74) is 6.28. The molecule has 1 heterocycles. The van der Waals surface area contributed by atoms with Crippen LogP contribution in [0.15, 0.2) is 18.2 Å². The third-order valence-corrected chi connectivity index (χ3v) is 2.64. The van der Waals surface area contributed by atoms with Gasteiger partial charge in [0, 0.05) is 11.6 Å². The fourth-order valence-corrected chi connectivity index (χ4v) is 1.85. The van der Waals surface area contributed by atoms with Crippen LogP contribution in [0.1, 0.15) is 25.7 Å². The van der Waals surface area contributed by atoms with Crippen LogP contribution in [0.3, 0.4) is 0 Å². The zero-order valence-electron chi connectivity index (χ0n) is 10.1. The molecule has 0 aliphatic rings. The Morgan fingerprint density at radius 1 is 1.29 bits per heavy atom. The van der Waals surface area contributed by atoms with E-state index in [0.29, 0.717) is 11.4 Å². The molecule has 90 valence electrons. The molecule has 2 N–H and O–H groups in total. The second kappa shape index (κ2) is 4.16. The van der Waals surface area contributed by atoms with Crippen molar-refractivity contribution >= 4 is 5.69 Å². The highest BCUT2D eigenvalue weighted by atomic mass is 19.1. The summed E-state index contributed by atoms with van der Waals surface area (Å²) in [6.07, 6.45) is 0. The van der Waals surface area contributed by atoms with Crippen LogP contribution in [-0.2, 0) is 0 Å². The van der Waals surface area contributed by atoms with Crippen molar-refractivity contribution in [3.8, 4) is 11.4 Å². The Bertz CT molecular complexity index is 545. The van der Waals surface area contributed by atoms with E-state index in [-0.39, 0.29) is 11.7 Å². The maximum Gasteiger partial charge on any atom is 0.164 e. The normalized spacial score (nSPS) is 11.1. The van der Waals surface area contributed by atoms with Crippen molar-refractivity contribution in [3.05, 3.63) is 29.8 Å². The highest BCUT2D eigenvalue weighted by molar-refractivity contribution is 5.59. The molecule has 0 bridgehead atoms. The topological polar surface area (TPSA) is 56.7 Å². The summed E-state index contributed by atoms with van der Waals surface area (Å²) in [7, 11) is 0. The van der Waals surface area contributed by atoms with Crippen LogP contribution < -0.4 is 5.73 Å². The number of aryl methyl sites for hydroxylation is 1. The van der Waals surface area contributed by atoms with Crippen LogP contribution >= 0.6 is 0 Å². The van der Waals surface area contributed by atoms with Crippen LogP contribution in [0, 0.1) is 12.7 Å². The van der Waals surface area contributed by atoms with E-state index in [2.05, 4.69) is 10.2 Å². The number of hydrogen-bond donors (Lipinski definition) is 1. The van der Waals surface area contributed by atoms with E-state index < -0.39 is 5.82 Å². The Balaban J connectivity index is 2.56. The van der Waals surface area contributed by atoms with Crippen molar-refractivity contribution in [3.63, 3.8) is 0 Å². The smallest absolute Gasteiger partial charge is 0.164 e. The lowest BCUT2D eigenvalue weighted by Crippen LogP contribution is -2.05. The van der Waals surface area contributed by atoms with Gasteiger partial charge in [-0.05, 0) is 39.0 Å². The van der Waals surface area contributed by atoms with Gasteiger partial charge < -0.3 is 10.3 Å². The minimum Gasteiger partial charge on any atom is -0.396 e. The van der Waals surface area contributed by atoms with Gasteiger partial charge in [0.15, 0.2) is 5.82 Å². The van der Waals surface area contributed by atoms with E-state index in [0.717, 1.165) is 5.82 Å². The first-order valence-corrected chi connectivity index (χ1v) is 5.47. The molecule has 0 saturated heterocycles. The summed E-state index contributed by atoms with van der Waals surface area (Å²) < 4.78 is 15.4. The zero-order valence-corrected chi connectivity index (χ0v) is 10.1. The van der Waals surface area contributed by atoms with E-state index in [1.165, 1.54) is 6.07 Å². The summed E-state index contributed by atoms with van der Waals surface area (Å²) in [6.45, 7) is 5.95. The van der Waals surface area contributed by atoms with Crippen molar-refractivity contribution in [1.29, 1.82) is 0 Å². The molecule has 1 aromatic carbocycles. The summed E-state index contributed by atoms with van der Waals surface area (Å²) in [6, 6.07) is 4.90. The minimum absolute atomic E-state index is 0.140. The first kappa shape index (κ1) is 11.6. The van der Waals surface area contributed by atoms with Gasteiger partial charge >= 0.3 is 0 Å². The standard InChI is InChI=1S/C12H15FN4/c1-7(2)17-8(3)15-16-12(17)9-4-5-11(14)10(13)6-9/h4-7H,14H2,1-3H3. The number of anilines is 1. The maximum absolute atomic E-state index is 13.4. The molecule has 5 heteroatoms. The Morgan fingerprint density at radius 2 is 2.00 bits per heavy atom. The van der Waals surface area contributed by atoms with Crippen molar-refractivity contribution in [2.45, 2.75) is 26.8 Å². The van der Waals surface area contributed by atoms with E-state index in [1.54, 1.807) is 12.1 Å². The van der Waals surface area contributed by atoms with Crippen LogP contribution in [0.2, 0.25) is 0 Å². The molecule has 17 heavy (non-hydrogen) atoms. The lowest BCUT2D eigenvalue weighted by Gasteiger charge is -2.12. The van der Waals surface area contributed by atoms with Gasteiger partial charge in [0.1, 0.15) is 11.6 Å². The molecule has 0 atom stereocenters. The van der Waals surface area contributed by atoms with Gasteiger partial charge in [-0.3, -0.25) is 0 Å². The molecular formula is C12H15FN4. The maximum atomic E-state index is 13.4. The second-order valence-corrected chi connectivity index (χ2v) is 4.27. The summed E-state index contributed by atoms with van der Waals surface area (Å²) in [5.74, 6) is 1.04. The number of nitrogens with zero attached hydrogens (tertiary/aromatic N) is 3. The average molecular weight is 234 g/mol. The summed E-state index contributed by atoms with van der Waals surface area (Å²) in [5, 5.41) is 8.11. The lowest BCUT2D eigenvalue weighted by atomic mass is 10.1. The Morgan fingerprint density at radius 3 is 2.59 bits per heavy atom. The fraction of sp³-hybridized carbons (Fsp3) is 0.333. The Hall–Kier alpha value is -1.91. The van der Waals surface area contributed by atoms with E-state index in [9.17, 15) is 4.39 Å². The van der Waals surface area contributed by atoms with E-state index in [4.69, 9.17) is 5.73 Å². The van der Waals surface area contributed by atoms with Gasteiger partial charge in [-0.2, -0.15) is 0 Å². The number of hydrogen-bond acceptors (Lipinski definition) is 3. The number of aromatic nitrogens is 3. The zero-order chi connectivity index (χ0) is 12.6. The molecular weight excluding hydrogens is 219 g/mol. The van der Waals surface area contributed by atoms with Crippen molar-refractivity contribution in [2.75, 3.05) is 5.73 Å². The monoisotopic (exact) mass is 234 g/mol. The first-order valence-electron chi connectivity index (χ1n) is 5.47. The third kappa shape index (κ3) is 2.00. The quantitative estimate of drug-likeness (QED) is 0.812. The number of halogens is 1. The fourth-order valence-electron chi connectivity index (χ4n) is 1.85. The molecule has 2 aromatic rings. The molecule has 0 amide bonds. The van der Waals surface area contributed by atoms with Gasteiger partial charge in [0.2, 0.25) is 0 Å². The molecule has 0 fully saturated rings. The number of nitrogens with two attached hydrogens (primary N) is 1. The Kier molecular flexibility index (Phi) is 2.83. The molecule has 1 aromatic heterocycles. The molecule has 0 aliphatic carbocycles. The number of benzene rings is 1. The molecule has 4 nitrogen and oxygen atoms in total. The number of nitrogen functional groups attached to an aromatic ring is 1. The highest BCUT2D eigenvalue weighted by Crippen LogP contribution is 2.24. The largest absolute Gasteiger partial charge is 0.396 e.